The van der Waals surface area contributed by atoms with Crippen LogP contribution in [0, 0.1) is 5.92 Å². The van der Waals surface area contributed by atoms with Gasteiger partial charge in [0.15, 0.2) is 0 Å². The molecule has 0 spiro atoms. The van der Waals surface area contributed by atoms with Crippen LogP contribution in [0.5, 0.6) is 0 Å². The van der Waals surface area contributed by atoms with Crippen molar-refractivity contribution in [3.8, 4) is 0 Å². The molecular weight excluding hydrogens is 444 g/mol. The maximum Gasteiger partial charge on any atom is 0.246 e. The van der Waals surface area contributed by atoms with Crippen LogP contribution in [0.15, 0.2) is 24.3 Å². The molecule has 6 atom stereocenters. The molecule has 2 fully saturated rings. The van der Waals surface area contributed by atoms with Crippen LogP contribution in [-0.4, -0.2) is 67.6 Å². The van der Waals surface area contributed by atoms with Crippen molar-refractivity contribution < 1.29 is 19.1 Å². The van der Waals surface area contributed by atoms with Gasteiger partial charge in [0.1, 0.15) is 12.1 Å². The van der Waals surface area contributed by atoms with Gasteiger partial charge in [0.05, 0.1) is 12.1 Å². The Balaban J connectivity index is 1.53. The summed E-state index contributed by atoms with van der Waals surface area (Å²) in [5, 5.41) is 9.15. The lowest BCUT2D eigenvalue weighted by Gasteiger charge is -2.38. The second kappa shape index (κ2) is 11.5. The van der Waals surface area contributed by atoms with Gasteiger partial charge in [-0.3, -0.25) is 14.4 Å². The molecule has 8 nitrogen and oxygen atoms in total. The van der Waals surface area contributed by atoms with Gasteiger partial charge in [0.2, 0.25) is 17.7 Å². The fourth-order valence-corrected chi connectivity index (χ4v) is 6.03. The van der Waals surface area contributed by atoms with Gasteiger partial charge in [-0.05, 0) is 82.4 Å². The molecule has 0 saturated carbocycles. The lowest BCUT2D eigenvalue weighted by atomic mass is 9.87. The Hall–Kier alpha value is -2.45. The topological polar surface area (TPSA) is 99.8 Å². The Kier molecular flexibility index (Phi) is 8.44. The standard InChI is InChI=1S/C27H40N4O4/c1-17(28-2)25(32)30-23-13-11-18(16-35-3)15-20-12-14-24(31(20)27(23)34)26(33)29-22-10-6-8-19-7-4-5-9-21(19)22/h4-5,7,9,17-18,20,22-24,28H,6,8,10-16H2,1-3H3,(H,29,33)(H,30,32)/t17-,18+,20+,22+,23-,24-/m0/s1. The number of amides is 3. The van der Waals surface area contributed by atoms with E-state index < -0.39 is 18.1 Å². The molecule has 192 valence electrons. The Morgan fingerprint density at radius 2 is 1.89 bits per heavy atom. The van der Waals surface area contributed by atoms with Gasteiger partial charge in [-0.1, -0.05) is 24.3 Å². The molecule has 1 aromatic carbocycles. The molecule has 3 N–H and O–H groups in total. The molecule has 8 heteroatoms. The van der Waals surface area contributed by atoms with Crippen molar-refractivity contribution in [2.75, 3.05) is 20.8 Å². The first kappa shape index (κ1) is 25.6. The van der Waals surface area contributed by atoms with Gasteiger partial charge in [0, 0.05) is 19.8 Å². The third kappa shape index (κ3) is 5.70. The monoisotopic (exact) mass is 484 g/mol. The molecule has 0 bridgehead atoms. The molecule has 2 saturated heterocycles. The summed E-state index contributed by atoms with van der Waals surface area (Å²) in [6.07, 6.45) is 6.58. The van der Waals surface area contributed by atoms with Crippen LogP contribution in [0.4, 0.5) is 0 Å². The number of benzene rings is 1. The summed E-state index contributed by atoms with van der Waals surface area (Å²) in [7, 11) is 3.42. The highest BCUT2D eigenvalue weighted by molar-refractivity contribution is 5.93. The number of likely N-dealkylation sites (N-methyl/N-ethyl adjacent to an activating group) is 1. The Morgan fingerprint density at radius 1 is 1.09 bits per heavy atom. The zero-order valence-electron chi connectivity index (χ0n) is 21.2. The van der Waals surface area contributed by atoms with Gasteiger partial charge in [-0.15, -0.1) is 0 Å². The zero-order chi connectivity index (χ0) is 24.9. The number of hydrogen-bond donors (Lipinski definition) is 3. The quantitative estimate of drug-likeness (QED) is 0.550. The largest absolute Gasteiger partial charge is 0.384 e. The van der Waals surface area contributed by atoms with Crippen LogP contribution in [0.3, 0.4) is 0 Å². The molecule has 4 rings (SSSR count). The average Bonchev–Trinajstić information content (AvgIpc) is 3.28. The number of carbonyl (C=O) groups excluding carboxylic acids is 3. The molecule has 0 unspecified atom stereocenters. The van der Waals surface area contributed by atoms with E-state index in [0.717, 1.165) is 38.5 Å². The van der Waals surface area contributed by atoms with Crippen LogP contribution in [-0.2, 0) is 25.5 Å². The SMILES string of the molecule is CN[C@@H](C)C(=O)N[C@H]1CC[C@@H](COC)C[C@H]2CC[C@@H](C(=O)N[C@@H]3CCCc4ccccc43)N2C1=O. The Bertz CT molecular complexity index is 922. The molecule has 0 radical (unpaired) electrons. The van der Waals surface area contributed by atoms with Crippen molar-refractivity contribution in [3.63, 3.8) is 0 Å². The fraction of sp³-hybridized carbons (Fsp3) is 0.667. The first-order valence-corrected chi connectivity index (χ1v) is 13.1. The highest BCUT2D eigenvalue weighted by Gasteiger charge is 2.45. The lowest BCUT2D eigenvalue weighted by molar-refractivity contribution is -0.145. The van der Waals surface area contributed by atoms with E-state index in [2.05, 4.69) is 28.1 Å². The number of rotatable bonds is 7. The van der Waals surface area contributed by atoms with Gasteiger partial charge in [-0.2, -0.15) is 0 Å². The number of carbonyl (C=O) groups is 3. The zero-order valence-corrected chi connectivity index (χ0v) is 21.2. The highest BCUT2D eigenvalue weighted by Crippen LogP contribution is 2.35. The number of hydrogen-bond acceptors (Lipinski definition) is 5. The molecule has 3 amide bonds. The third-order valence-electron chi connectivity index (χ3n) is 8.06. The van der Waals surface area contributed by atoms with E-state index in [4.69, 9.17) is 4.74 Å². The smallest absolute Gasteiger partial charge is 0.246 e. The molecule has 3 aliphatic rings. The van der Waals surface area contributed by atoms with Gasteiger partial charge in [-0.25, -0.2) is 0 Å². The molecule has 1 aromatic rings. The molecule has 2 aliphatic heterocycles. The maximum absolute atomic E-state index is 13.8. The number of nitrogens with one attached hydrogen (secondary N) is 3. The van der Waals surface area contributed by atoms with E-state index in [1.807, 2.05) is 12.1 Å². The second-order valence-corrected chi connectivity index (χ2v) is 10.4. The van der Waals surface area contributed by atoms with Crippen molar-refractivity contribution >= 4 is 17.7 Å². The van der Waals surface area contributed by atoms with Crippen molar-refractivity contribution in [3.05, 3.63) is 35.4 Å². The predicted molar refractivity (Wildman–Crippen MR) is 134 cm³/mol. The molecule has 35 heavy (non-hydrogen) atoms. The molecule has 1 aliphatic carbocycles. The van der Waals surface area contributed by atoms with Crippen LogP contribution < -0.4 is 16.0 Å². The van der Waals surface area contributed by atoms with E-state index in [1.54, 1.807) is 26.0 Å². The fourth-order valence-electron chi connectivity index (χ4n) is 6.03. The van der Waals surface area contributed by atoms with E-state index in [0.29, 0.717) is 19.4 Å². The Morgan fingerprint density at radius 3 is 2.66 bits per heavy atom. The van der Waals surface area contributed by atoms with Crippen molar-refractivity contribution in [2.45, 2.75) is 88.5 Å². The first-order chi connectivity index (χ1) is 16.9. The van der Waals surface area contributed by atoms with Crippen LogP contribution >= 0.6 is 0 Å². The summed E-state index contributed by atoms with van der Waals surface area (Å²) in [5.74, 6) is -0.136. The summed E-state index contributed by atoms with van der Waals surface area (Å²) in [6, 6.07) is 6.72. The van der Waals surface area contributed by atoms with Crippen molar-refractivity contribution in [2.24, 2.45) is 5.92 Å². The first-order valence-electron chi connectivity index (χ1n) is 13.1. The Labute approximate surface area is 208 Å². The number of aryl methyl sites for hydroxylation is 1. The van der Waals surface area contributed by atoms with Crippen LogP contribution in [0.25, 0.3) is 0 Å². The predicted octanol–water partition coefficient (Wildman–Crippen LogP) is 2.08. The van der Waals surface area contributed by atoms with Crippen molar-refractivity contribution in [1.29, 1.82) is 0 Å². The maximum atomic E-state index is 13.8. The van der Waals surface area contributed by atoms with Crippen LogP contribution in [0.1, 0.15) is 69.0 Å². The van der Waals surface area contributed by atoms with Gasteiger partial charge < -0.3 is 25.6 Å². The second-order valence-electron chi connectivity index (χ2n) is 10.4. The van der Waals surface area contributed by atoms with Crippen molar-refractivity contribution in [1.82, 2.24) is 20.9 Å². The minimum absolute atomic E-state index is 0.0153. The van der Waals surface area contributed by atoms with Gasteiger partial charge >= 0.3 is 0 Å². The average molecular weight is 485 g/mol. The van der Waals surface area contributed by atoms with E-state index in [9.17, 15) is 14.4 Å². The molecule has 0 aromatic heterocycles. The number of methoxy groups -OCH3 is 1. The van der Waals surface area contributed by atoms with E-state index in [-0.39, 0.29) is 35.7 Å². The van der Waals surface area contributed by atoms with E-state index in [1.165, 1.54) is 11.1 Å². The summed E-state index contributed by atoms with van der Waals surface area (Å²) in [4.78, 5) is 41.8. The summed E-state index contributed by atoms with van der Waals surface area (Å²) >= 11 is 0. The number of fused-ring (bicyclic) bond motifs is 2. The molecule has 2 heterocycles. The minimum atomic E-state index is -0.635. The highest BCUT2D eigenvalue weighted by atomic mass is 16.5. The minimum Gasteiger partial charge on any atom is -0.384 e. The third-order valence-corrected chi connectivity index (χ3v) is 8.06. The summed E-state index contributed by atoms with van der Waals surface area (Å²) in [6.45, 7) is 2.38. The summed E-state index contributed by atoms with van der Waals surface area (Å²) in [5.41, 5.74) is 2.48. The number of ether oxygens (including phenoxy) is 1. The van der Waals surface area contributed by atoms with Gasteiger partial charge in [0.25, 0.3) is 0 Å². The number of nitrogens with zero attached hydrogens (tertiary/aromatic N) is 1. The summed E-state index contributed by atoms with van der Waals surface area (Å²) < 4.78 is 5.45. The van der Waals surface area contributed by atoms with E-state index >= 15 is 0 Å². The van der Waals surface area contributed by atoms with Crippen LogP contribution in [0.2, 0.25) is 0 Å². The molecular formula is C27H40N4O4. The lowest BCUT2D eigenvalue weighted by Crippen LogP contribution is -2.58. The normalized spacial score (nSPS) is 29.4.